The molecule has 29 heavy (non-hydrogen) atoms. The first-order valence-electron chi connectivity index (χ1n) is 10.9. The Morgan fingerprint density at radius 3 is 2.41 bits per heavy atom. The first kappa shape index (κ1) is 21.3. The van der Waals surface area contributed by atoms with Crippen molar-refractivity contribution in [1.29, 1.82) is 5.26 Å². The summed E-state index contributed by atoms with van der Waals surface area (Å²) >= 11 is 0. The molecule has 1 atom stereocenters. The Morgan fingerprint density at radius 2 is 1.66 bits per heavy atom. The highest BCUT2D eigenvalue weighted by Gasteiger charge is 2.25. The van der Waals surface area contributed by atoms with E-state index in [1.807, 2.05) is 4.90 Å². The molecular weight excluding hydrogens is 364 g/mol. The first-order valence-corrected chi connectivity index (χ1v) is 10.9. The molecule has 0 aliphatic carbocycles. The van der Waals surface area contributed by atoms with Crippen LogP contribution in [0.15, 0.2) is 24.3 Å². The monoisotopic (exact) mass is 396 g/mol. The summed E-state index contributed by atoms with van der Waals surface area (Å²) in [5.41, 5.74) is 0.853. The molecule has 0 N–H and O–H groups in total. The molecule has 1 aromatic carbocycles. The summed E-state index contributed by atoms with van der Waals surface area (Å²) in [4.78, 5) is 31.8. The van der Waals surface area contributed by atoms with E-state index < -0.39 is 0 Å². The van der Waals surface area contributed by atoms with Crippen LogP contribution in [0.5, 0.6) is 0 Å². The minimum Gasteiger partial charge on any atom is -0.341 e. The average Bonchev–Trinajstić information content (AvgIpc) is 3.03. The van der Waals surface area contributed by atoms with Crippen molar-refractivity contribution < 1.29 is 9.59 Å². The van der Waals surface area contributed by atoms with Gasteiger partial charge in [0.2, 0.25) is 5.91 Å². The van der Waals surface area contributed by atoms with Gasteiger partial charge in [0, 0.05) is 38.6 Å². The molecule has 0 spiro atoms. The molecule has 2 fully saturated rings. The molecule has 6 heteroatoms. The van der Waals surface area contributed by atoms with Gasteiger partial charge in [0.05, 0.1) is 17.2 Å². The Hall–Kier alpha value is -2.39. The third kappa shape index (κ3) is 5.57. The highest BCUT2D eigenvalue weighted by atomic mass is 16.2. The SMILES string of the molecule is CC(CCC(=O)N1CCCN(C(=O)c2ccccc2C#N)CC1)N1CCCCC1. The van der Waals surface area contributed by atoms with Crippen LogP contribution in [0.1, 0.15) is 61.4 Å². The lowest BCUT2D eigenvalue weighted by atomic mass is 10.1. The highest BCUT2D eigenvalue weighted by Crippen LogP contribution is 2.17. The van der Waals surface area contributed by atoms with Crippen molar-refractivity contribution >= 4 is 11.8 Å². The lowest BCUT2D eigenvalue weighted by Gasteiger charge is -2.32. The number of carbonyl (C=O) groups is 2. The fourth-order valence-corrected chi connectivity index (χ4v) is 4.34. The third-order valence-electron chi connectivity index (χ3n) is 6.20. The molecule has 156 valence electrons. The molecule has 2 aliphatic rings. The second-order valence-electron chi connectivity index (χ2n) is 8.17. The van der Waals surface area contributed by atoms with Gasteiger partial charge in [0.15, 0.2) is 0 Å². The van der Waals surface area contributed by atoms with Gasteiger partial charge >= 0.3 is 0 Å². The number of benzene rings is 1. The van der Waals surface area contributed by atoms with E-state index in [0.717, 1.165) is 25.9 Å². The largest absolute Gasteiger partial charge is 0.341 e. The Labute approximate surface area is 174 Å². The number of likely N-dealkylation sites (tertiary alicyclic amines) is 1. The number of nitriles is 1. The van der Waals surface area contributed by atoms with E-state index in [4.69, 9.17) is 0 Å². The summed E-state index contributed by atoms with van der Waals surface area (Å²) in [6, 6.07) is 9.47. The quantitative estimate of drug-likeness (QED) is 0.767. The Morgan fingerprint density at radius 1 is 0.966 bits per heavy atom. The van der Waals surface area contributed by atoms with Crippen LogP contribution < -0.4 is 0 Å². The molecule has 0 saturated carbocycles. The zero-order valence-electron chi connectivity index (χ0n) is 17.5. The van der Waals surface area contributed by atoms with Gasteiger partial charge in [-0.05, 0) is 57.8 Å². The predicted molar refractivity (Wildman–Crippen MR) is 112 cm³/mol. The number of nitrogens with zero attached hydrogens (tertiary/aromatic N) is 4. The molecule has 6 nitrogen and oxygen atoms in total. The molecular formula is C23H32N4O2. The molecule has 1 unspecified atom stereocenters. The van der Waals surface area contributed by atoms with Crippen molar-refractivity contribution in [2.24, 2.45) is 0 Å². The Bertz CT molecular complexity index is 751. The molecule has 2 aliphatic heterocycles. The van der Waals surface area contributed by atoms with E-state index in [0.29, 0.717) is 49.8 Å². The smallest absolute Gasteiger partial charge is 0.255 e. The van der Waals surface area contributed by atoms with Crippen LogP contribution >= 0.6 is 0 Å². The number of amides is 2. The lowest BCUT2D eigenvalue weighted by Crippen LogP contribution is -2.40. The van der Waals surface area contributed by atoms with Gasteiger partial charge < -0.3 is 14.7 Å². The molecule has 3 rings (SSSR count). The summed E-state index contributed by atoms with van der Waals surface area (Å²) in [7, 11) is 0. The number of carbonyl (C=O) groups excluding carboxylic acids is 2. The molecule has 1 aromatic rings. The number of rotatable bonds is 5. The van der Waals surface area contributed by atoms with Gasteiger partial charge in [-0.25, -0.2) is 0 Å². The average molecular weight is 397 g/mol. The summed E-state index contributed by atoms with van der Waals surface area (Å²) in [5, 5.41) is 9.26. The second kappa shape index (κ2) is 10.4. The van der Waals surface area contributed by atoms with E-state index in [2.05, 4.69) is 17.9 Å². The van der Waals surface area contributed by atoms with Crippen LogP contribution in [0, 0.1) is 11.3 Å². The van der Waals surface area contributed by atoms with Gasteiger partial charge in [-0.2, -0.15) is 5.26 Å². The van der Waals surface area contributed by atoms with Gasteiger partial charge in [0.1, 0.15) is 0 Å². The van der Waals surface area contributed by atoms with Gasteiger partial charge in [-0.15, -0.1) is 0 Å². The minimum atomic E-state index is -0.116. The Kier molecular flexibility index (Phi) is 7.65. The molecule has 0 bridgehead atoms. The van der Waals surface area contributed by atoms with Crippen molar-refractivity contribution in [2.45, 2.75) is 51.5 Å². The maximum absolute atomic E-state index is 12.9. The van der Waals surface area contributed by atoms with E-state index >= 15 is 0 Å². The molecule has 2 amide bonds. The first-order chi connectivity index (χ1) is 14.1. The van der Waals surface area contributed by atoms with Crippen molar-refractivity contribution in [3.8, 4) is 6.07 Å². The van der Waals surface area contributed by atoms with Crippen molar-refractivity contribution in [1.82, 2.24) is 14.7 Å². The van der Waals surface area contributed by atoms with Gasteiger partial charge in [0.25, 0.3) is 5.91 Å². The summed E-state index contributed by atoms with van der Waals surface area (Å²) in [6.45, 7) is 6.94. The van der Waals surface area contributed by atoms with Crippen molar-refractivity contribution in [2.75, 3.05) is 39.3 Å². The van der Waals surface area contributed by atoms with E-state index in [1.54, 1.807) is 29.2 Å². The van der Waals surface area contributed by atoms with Crippen LogP contribution in [0.2, 0.25) is 0 Å². The lowest BCUT2D eigenvalue weighted by molar-refractivity contribution is -0.131. The number of piperidine rings is 1. The van der Waals surface area contributed by atoms with Crippen LogP contribution in [0.3, 0.4) is 0 Å². The number of hydrogen-bond donors (Lipinski definition) is 0. The third-order valence-corrected chi connectivity index (χ3v) is 6.20. The summed E-state index contributed by atoms with van der Waals surface area (Å²) in [5.74, 6) is 0.0794. The minimum absolute atomic E-state index is 0.116. The summed E-state index contributed by atoms with van der Waals surface area (Å²) < 4.78 is 0. The van der Waals surface area contributed by atoms with Crippen molar-refractivity contribution in [3.05, 3.63) is 35.4 Å². The van der Waals surface area contributed by atoms with Crippen LogP contribution in [-0.4, -0.2) is 71.8 Å². The topological polar surface area (TPSA) is 67.6 Å². The molecule has 2 heterocycles. The second-order valence-corrected chi connectivity index (χ2v) is 8.17. The van der Waals surface area contributed by atoms with Crippen molar-refractivity contribution in [3.63, 3.8) is 0 Å². The fourth-order valence-electron chi connectivity index (χ4n) is 4.34. The van der Waals surface area contributed by atoms with Gasteiger partial charge in [-0.1, -0.05) is 18.6 Å². The van der Waals surface area contributed by atoms with E-state index in [9.17, 15) is 14.9 Å². The zero-order valence-corrected chi connectivity index (χ0v) is 17.5. The predicted octanol–water partition coefficient (Wildman–Crippen LogP) is 2.89. The maximum atomic E-state index is 12.9. The van der Waals surface area contributed by atoms with Crippen LogP contribution in [-0.2, 0) is 4.79 Å². The zero-order chi connectivity index (χ0) is 20.6. The molecule has 2 saturated heterocycles. The Balaban J connectivity index is 1.50. The molecule has 0 radical (unpaired) electrons. The van der Waals surface area contributed by atoms with Gasteiger partial charge in [-0.3, -0.25) is 9.59 Å². The highest BCUT2D eigenvalue weighted by molar-refractivity contribution is 5.96. The normalized spacial score (nSPS) is 19.3. The number of hydrogen-bond acceptors (Lipinski definition) is 4. The van der Waals surface area contributed by atoms with Crippen LogP contribution in [0.4, 0.5) is 0 Å². The van der Waals surface area contributed by atoms with Crippen LogP contribution in [0.25, 0.3) is 0 Å². The fraction of sp³-hybridized carbons (Fsp3) is 0.609. The summed E-state index contributed by atoms with van der Waals surface area (Å²) in [6.07, 6.45) is 6.10. The van der Waals surface area contributed by atoms with E-state index in [-0.39, 0.29) is 11.8 Å². The standard InChI is InChI=1S/C23H32N4O2/c1-19(25-12-5-2-6-13-25)10-11-22(28)26-14-7-15-27(17-16-26)23(29)21-9-4-3-8-20(21)18-24/h3-4,8-9,19H,2,5-7,10-17H2,1H3. The maximum Gasteiger partial charge on any atom is 0.255 e. The van der Waals surface area contributed by atoms with E-state index in [1.165, 1.54) is 19.3 Å². The molecule has 0 aromatic heterocycles.